The van der Waals surface area contributed by atoms with E-state index in [0.717, 1.165) is 13.1 Å². The monoisotopic (exact) mass is 303 g/mol. The zero-order valence-corrected chi connectivity index (χ0v) is 12.5. The van der Waals surface area contributed by atoms with E-state index in [1.807, 2.05) is 11.0 Å². The molecule has 0 spiro atoms. The van der Waals surface area contributed by atoms with Crippen LogP contribution in [0, 0.1) is 0 Å². The second-order valence-corrected chi connectivity index (χ2v) is 4.99. The van der Waals surface area contributed by atoms with Crippen LogP contribution in [0.1, 0.15) is 10.4 Å². The molecule has 1 saturated heterocycles. The van der Waals surface area contributed by atoms with Gasteiger partial charge in [0.25, 0.3) is 0 Å². The molecule has 0 saturated carbocycles. The first-order valence-corrected chi connectivity index (χ1v) is 6.82. The zero-order valence-electron chi connectivity index (χ0n) is 12.5. The number of methoxy groups -OCH3 is 2. The number of carbonyl (C=O) groups is 1. The van der Waals surface area contributed by atoms with Crippen molar-refractivity contribution in [2.24, 2.45) is 0 Å². The molecule has 1 aliphatic heterocycles. The molecule has 0 unspecified atom stereocenters. The van der Waals surface area contributed by atoms with Crippen LogP contribution in [0.4, 0.5) is 0 Å². The van der Waals surface area contributed by atoms with Crippen molar-refractivity contribution in [2.45, 2.75) is 6.10 Å². The van der Waals surface area contributed by atoms with Crippen LogP contribution in [-0.2, 0) is 9.47 Å². The minimum atomic E-state index is -0.406. The van der Waals surface area contributed by atoms with E-state index in [4.69, 9.17) is 14.2 Å². The first-order valence-electron chi connectivity index (χ1n) is 6.82. The van der Waals surface area contributed by atoms with Gasteiger partial charge < -0.3 is 19.1 Å². The number of nitrogens with zero attached hydrogens (tertiary/aromatic N) is 3. The lowest BCUT2D eigenvalue weighted by atomic mass is 10.2. The summed E-state index contributed by atoms with van der Waals surface area (Å²) in [5, 5.41) is 4.15. The first-order chi connectivity index (χ1) is 10.6. The summed E-state index contributed by atoms with van der Waals surface area (Å²) in [5.41, 5.74) is 1.11. The van der Waals surface area contributed by atoms with Gasteiger partial charge in [0.2, 0.25) is 0 Å². The molecule has 2 aromatic heterocycles. The maximum Gasteiger partial charge on any atom is 0.341 e. The van der Waals surface area contributed by atoms with Crippen molar-refractivity contribution in [3.63, 3.8) is 0 Å². The number of carbonyl (C=O) groups excluding carboxylic acids is 1. The van der Waals surface area contributed by atoms with Gasteiger partial charge in [-0.2, -0.15) is 5.10 Å². The van der Waals surface area contributed by atoms with Crippen LogP contribution in [0.5, 0.6) is 5.75 Å². The van der Waals surface area contributed by atoms with Crippen molar-refractivity contribution >= 4 is 11.5 Å². The quantitative estimate of drug-likeness (QED) is 0.613. The van der Waals surface area contributed by atoms with Crippen molar-refractivity contribution in [1.82, 2.24) is 14.5 Å². The predicted octanol–water partition coefficient (Wildman–Crippen LogP) is 1.30. The largest absolute Gasteiger partial charge is 0.485 e. The normalized spacial score (nSPS) is 14.5. The third kappa shape index (κ3) is 2.45. The molecule has 3 heterocycles. The minimum absolute atomic E-state index is 0.0833. The van der Waals surface area contributed by atoms with Gasteiger partial charge >= 0.3 is 5.97 Å². The van der Waals surface area contributed by atoms with Crippen molar-refractivity contribution < 1.29 is 19.0 Å². The number of rotatable bonds is 5. The SMILES string of the molecule is C=C(OC)N1CC(Oc2ccc3c(C(=O)OC)cnn3c2)C1. The average molecular weight is 303 g/mol. The molecule has 0 bridgehead atoms. The molecule has 3 rings (SSSR count). The summed E-state index contributed by atoms with van der Waals surface area (Å²) >= 11 is 0. The summed E-state index contributed by atoms with van der Waals surface area (Å²) in [6, 6.07) is 3.61. The van der Waals surface area contributed by atoms with Crippen molar-refractivity contribution in [3.05, 3.63) is 42.6 Å². The fourth-order valence-corrected chi connectivity index (χ4v) is 2.34. The van der Waals surface area contributed by atoms with E-state index < -0.39 is 5.97 Å². The Morgan fingerprint density at radius 3 is 2.77 bits per heavy atom. The molecule has 0 N–H and O–H groups in total. The van der Waals surface area contributed by atoms with Crippen LogP contribution < -0.4 is 4.74 Å². The highest BCUT2D eigenvalue weighted by Crippen LogP contribution is 2.22. The molecule has 0 amide bonds. The lowest BCUT2D eigenvalue weighted by molar-refractivity contribution is 0.00314. The third-order valence-electron chi connectivity index (χ3n) is 3.63. The molecule has 116 valence electrons. The molecule has 0 aliphatic carbocycles. The minimum Gasteiger partial charge on any atom is -0.485 e. The second-order valence-electron chi connectivity index (χ2n) is 4.99. The van der Waals surface area contributed by atoms with E-state index in [1.165, 1.54) is 13.3 Å². The summed E-state index contributed by atoms with van der Waals surface area (Å²) < 4.78 is 17.3. The lowest BCUT2D eigenvalue weighted by Crippen LogP contribution is -2.53. The Bertz CT molecular complexity index is 719. The fourth-order valence-electron chi connectivity index (χ4n) is 2.34. The molecule has 0 radical (unpaired) electrons. The number of fused-ring (bicyclic) bond motifs is 1. The molecule has 0 atom stereocenters. The van der Waals surface area contributed by atoms with E-state index >= 15 is 0 Å². The van der Waals surface area contributed by atoms with Gasteiger partial charge in [-0.1, -0.05) is 0 Å². The fraction of sp³-hybridized carbons (Fsp3) is 0.333. The molecular formula is C15H17N3O4. The van der Waals surface area contributed by atoms with Crippen molar-refractivity contribution in [1.29, 1.82) is 0 Å². The molecular weight excluding hydrogens is 286 g/mol. The maximum absolute atomic E-state index is 11.6. The van der Waals surface area contributed by atoms with Gasteiger partial charge in [0.05, 0.1) is 45.2 Å². The third-order valence-corrected chi connectivity index (χ3v) is 3.63. The highest BCUT2D eigenvalue weighted by atomic mass is 16.5. The second kappa shape index (κ2) is 5.59. The summed E-state index contributed by atoms with van der Waals surface area (Å²) in [5.74, 6) is 0.932. The van der Waals surface area contributed by atoms with Gasteiger partial charge in [-0.15, -0.1) is 0 Å². The van der Waals surface area contributed by atoms with Crippen LogP contribution in [0.3, 0.4) is 0 Å². The average Bonchev–Trinajstić information content (AvgIpc) is 2.92. The van der Waals surface area contributed by atoms with Gasteiger partial charge in [-0.25, -0.2) is 9.31 Å². The van der Waals surface area contributed by atoms with Crippen LogP contribution in [-0.4, -0.2) is 53.9 Å². The molecule has 2 aromatic rings. The maximum atomic E-state index is 11.6. The molecule has 7 nitrogen and oxygen atoms in total. The first kappa shape index (κ1) is 14.2. The number of hydrogen-bond donors (Lipinski definition) is 0. The van der Waals surface area contributed by atoms with E-state index in [-0.39, 0.29) is 6.10 Å². The molecule has 7 heteroatoms. The van der Waals surface area contributed by atoms with E-state index in [0.29, 0.717) is 22.7 Å². The van der Waals surface area contributed by atoms with E-state index in [9.17, 15) is 4.79 Å². The van der Waals surface area contributed by atoms with Gasteiger partial charge in [0, 0.05) is 0 Å². The number of aromatic nitrogens is 2. The summed E-state index contributed by atoms with van der Waals surface area (Å²) in [4.78, 5) is 13.6. The highest BCUT2D eigenvalue weighted by molar-refractivity contribution is 5.96. The highest BCUT2D eigenvalue weighted by Gasteiger charge is 2.30. The zero-order chi connectivity index (χ0) is 15.7. The summed E-state index contributed by atoms with van der Waals surface area (Å²) in [6.45, 7) is 5.26. The van der Waals surface area contributed by atoms with Gasteiger partial charge in [0.15, 0.2) is 5.88 Å². The smallest absolute Gasteiger partial charge is 0.341 e. The van der Waals surface area contributed by atoms with Crippen LogP contribution >= 0.6 is 0 Å². The number of ether oxygens (including phenoxy) is 3. The molecule has 1 fully saturated rings. The number of esters is 1. The molecule has 22 heavy (non-hydrogen) atoms. The van der Waals surface area contributed by atoms with E-state index in [2.05, 4.69) is 11.7 Å². The van der Waals surface area contributed by atoms with Gasteiger partial charge in [-0.3, -0.25) is 0 Å². The van der Waals surface area contributed by atoms with Crippen molar-refractivity contribution in [2.75, 3.05) is 27.3 Å². The Balaban J connectivity index is 1.69. The Morgan fingerprint density at radius 1 is 1.32 bits per heavy atom. The summed E-state index contributed by atoms with van der Waals surface area (Å²) in [6.07, 6.45) is 3.31. The Morgan fingerprint density at radius 2 is 2.09 bits per heavy atom. The Kier molecular flexibility index (Phi) is 3.62. The number of likely N-dealkylation sites (tertiary alicyclic amines) is 1. The summed E-state index contributed by atoms with van der Waals surface area (Å²) in [7, 11) is 2.95. The topological polar surface area (TPSA) is 65.3 Å². The van der Waals surface area contributed by atoms with Crippen LogP contribution in [0.15, 0.2) is 37.0 Å². The molecule has 0 aromatic carbocycles. The predicted molar refractivity (Wildman–Crippen MR) is 78.7 cm³/mol. The lowest BCUT2D eigenvalue weighted by Gasteiger charge is -2.40. The molecule has 1 aliphatic rings. The Hall–Kier alpha value is -2.70. The van der Waals surface area contributed by atoms with Crippen LogP contribution in [0.2, 0.25) is 0 Å². The van der Waals surface area contributed by atoms with Gasteiger partial charge in [0.1, 0.15) is 17.4 Å². The van der Waals surface area contributed by atoms with E-state index in [1.54, 1.807) is 23.9 Å². The van der Waals surface area contributed by atoms with Crippen molar-refractivity contribution in [3.8, 4) is 5.75 Å². The number of hydrogen-bond acceptors (Lipinski definition) is 6. The standard InChI is InChI=1S/C15H17N3O4/c1-10(20-2)17-7-12(8-17)22-11-4-5-14-13(15(19)21-3)6-16-18(14)9-11/h4-6,9,12H,1,7-8H2,2-3H3. The van der Waals surface area contributed by atoms with Crippen LogP contribution in [0.25, 0.3) is 5.52 Å². The Labute approximate surface area is 127 Å². The van der Waals surface area contributed by atoms with Gasteiger partial charge in [-0.05, 0) is 18.7 Å². The number of pyridine rings is 1.